The van der Waals surface area contributed by atoms with Crippen molar-refractivity contribution < 1.29 is 14.4 Å². The van der Waals surface area contributed by atoms with Crippen LogP contribution in [0.4, 0.5) is 5.69 Å². The van der Waals surface area contributed by atoms with E-state index in [-0.39, 0.29) is 30.1 Å². The summed E-state index contributed by atoms with van der Waals surface area (Å²) in [5.74, 6) is -0.483. The van der Waals surface area contributed by atoms with Crippen LogP contribution in [0.3, 0.4) is 0 Å². The summed E-state index contributed by atoms with van der Waals surface area (Å²) in [5, 5.41) is 2.83. The molecule has 1 saturated heterocycles. The standard InChI is InChI=1S/C18H25N3O3/c1-4-5-10-21-12-14(11-16(21)22)17(23)19-15-8-6-13(7-9-15)18(24)20(2)3/h6-9,14H,4-5,10-12H2,1-3H3,(H,19,23)/t14-/m0/s1. The number of carbonyl (C=O) groups is 3. The van der Waals surface area contributed by atoms with Crippen LogP contribution >= 0.6 is 0 Å². The lowest BCUT2D eigenvalue weighted by Crippen LogP contribution is -2.29. The Kier molecular flexibility index (Phi) is 5.95. The Morgan fingerprint density at radius 1 is 1.25 bits per heavy atom. The number of benzene rings is 1. The molecule has 0 unspecified atom stereocenters. The second-order valence-electron chi connectivity index (χ2n) is 6.36. The molecule has 0 saturated carbocycles. The fraction of sp³-hybridized carbons (Fsp3) is 0.500. The Morgan fingerprint density at radius 3 is 2.50 bits per heavy atom. The minimum Gasteiger partial charge on any atom is -0.345 e. The van der Waals surface area contributed by atoms with Crippen LogP contribution in [-0.4, -0.2) is 54.7 Å². The van der Waals surface area contributed by atoms with Gasteiger partial charge in [0.25, 0.3) is 5.91 Å². The molecule has 1 atom stereocenters. The Balaban J connectivity index is 1.93. The van der Waals surface area contributed by atoms with Crippen molar-refractivity contribution in [2.24, 2.45) is 5.92 Å². The fourth-order valence-corrected chi connectivity index (χ4v) is 2.71. The first-order valence-corrected chi connectivity index (χ1v) is 8.32. The Hall–Kier alpha value is -2.37. The minimum absolute atomic E-state index is 0.0514. The number of hydrogen-bond acceptors (Lipinski definition) is 3. The van der Waals surface area contributed by atoms with Crippen molar-refractivity contribution in [3.63, 3.8) is 0 Å². The van der Waals surface area contributed by atoms with Gasteiger partial charge in [0.05, 0.1) is 5.92 Å². The van der Waals surface area contributed by atoms with Crippen molar-refractivity contribution in [1.82, 2.24) is 9.80 Å². The van der Waals surface area contributed by atoms with Crippen LogP contribution in [-0.2, 0) is 9.59 Å². The first-order valence-electron chi connectivity index (χ1n) is 8.32. The molecular weight excluding hydrogens is 306 g/mol. The van der Waals surface area contributed by atoms with Crippen LogP contribution < -0.4 is 5.32 Å². The molecule has 1 aliphatic rings. The van der Waals surface area contributed by atoms with E-state index in [2.05, 4.69) is 12.2 Å². The lowest BCUT2D eigenvalue weighted by molar-refractivity contribution is -0.128. The maximum atomic E-state index is 12.3. The zero-order valence-corrected chi connectivity index (χ0v) is 14.5. The largest absolute Gasteiger partial charge is 0.345 e. The highest BCUT2D eigenvalue weighted by Gasteiger charge is 2.33. The minimum atomic E-state index is -0.308. The third kappa shape index (κ3) is 4.34. The van der Waals surface area contributed by atoms with Crippen molar-refractivity contribution in [3.05, 3.63) is 29.8 Å². The van der Waals surface area contributed by atoms with Gasteiger partial charge in [-0.1, -0.05) is 13.3 Å². The number of nitrogens with zero attached hydrogens (tertiary/aromatic N) is 2. The molecule has 0 aromatic heterocycles. The van der Waals surface area contributed by atoms with Crippen molar-refractivity contribution in [3.8, 4) is 0 Å². The summed E-state index contributed by atoms with van der Waals surface area (Å²) in [5.41, 5.74) is 1.20. The molecule has 1 heterocycles. The quantitative estimate of drug-likeness (QED) is 0.866. The van der Waals surface area contributed by atoms with E-state index in [9.17, 15) is 14.4 Å². The summed E-state index contributed by atoms with van der Waals surface area (Å²) in [7, 11) is 3.39. The second kappa shape index (κ2) is 7.95. The first kappa shape index (κ1) is 18.0. The number of anilines is 1. The zero-order valence-electron chi connectivity index (χ0n) is 14.5. The molecule has 1 aromatic carbocycles. The van der Waals surface area contributed by atoms with Gasteiger partial charge in [-0.25, -0.2) is 0 Å². The van der Waals surface area contributed by atoms with Gasteiger partial charge >= 0.3 is 0 Å². The molecule has 0 aliphatic carbocycles. The Labute approximate surface area is 142 Å². The average molecular weight is 331 g/mol. The maximum absolute atomic E-state index is 12.3. The van der Waals surface area contributed by atoms with E-state index in [1.165, 1.54) is 4.90 Å². The van der Waals surface area contributed by atoms with Gasteiger partial charge in [-0.3, -0.25) is 14.4 Å². The van der Waals surface area contributed by atoms with Crippen molar-refractivity contribution in [2.75, 3.05) is 32.5 Å². The van der Waals surface area contributed by atoms with E-state index >= 15 is 0 Å². The van der Waals surface area contributed by atoms with E-state index < -0.39 is 0 Å². The predicted octanol–water partition coefficient (Wildman–Crippen LogP) is 1.98. The highest BCUT2D eigenvalue weighted by Crippen LogP contribution is 2.20. The molecule has 0 radical (unpaired) electrons. The third-order valence-electron chi connectivity index (χ3n) is 4.17. The Bertz CT molecular complexity index is 610. The molecule has 6 heteroatoms. The highest BCUT2D eigenvalue weighted by molar-refractivity contribution is 5.98. The van der Waals surface area contributed by atoms with Gasteiger partial charge in [0.15, 0.2) is 0 Å². The number of amides is 3. The van der Waals surface area contributed by atoms with Crippen LogP contribution in [0.2, 0.25) is 0 Å². The molecule has 1 fully saturated rings. The second-order valence-corrected chi connectivity index (χ2v) is 6.36. The molecule has 130 valence electrons. The van der Waals surface area contributed by atoms with Crippen LogP contribution in [0, 0.1) is 5.92 Å². The molecule has 1 aromatic rings. The van der Waals surface area contributed by atoms with E-state index in [1.54, 1.807) is 43.3 Å². The topological polar surface area (TPSA) is 69.7 Å². The summed E-state index contributed by atoms with van der Waals surface area (Å²) in [6.45, 7) is 3.29. The lowest BCUT2D eigenvalue weighted by atomic mass is 10.1. The van der Waals surface area contributed by atoms with E-state index in [0.717, 1.165) is 19.4 Å². The van der Waals surface area contributed by atoms with Gasteiger partial charge in [0.1, 0.15) is 0 Å². The van der Waals surface area contributed by atoms with Crippen molar-refractivity contribution >= 4 is 23.4 Å². The number of hydrogen-bond donors (Lipinski definition) is 1. The molecule has 0 spiro atoms. The van der Waals surface area contributed by atoms with Crippen LogP contribution in [0.25, 0.3) is 0 Å². The molecule has 0 bridgehead atoms. The van der Waals surface area contributed by atoms with Crippen LogP contribution in [0.15, 0.2) is 24.3 Å². The number of unbranched alkanes of at least 4 members (excludes halogenated alkanes) is 1. The smallest absolute Gasteiger partial charge is 0.253 e. The van der Waals surface area contributed by atoms with E-state index in [1.807, 2.05) is 0 Å². The average Bonchev–Trinajstić information content (AvgIpc) is 2.94. The summed E-state index contributed by atoms with van der Waals surface area (Å²) < 4.78 is 0. The van der Waals surface area contributed by atoms with Gasteiger partial charge in [0.2, 0.25) is 11.8 Å². The molecule has 6 nitrogen and oxygen atoms in total. The summed E-state index contributed by atoms with van der Waals surface area (Å²) in [6.07, 6.45) is 2.26. The number of rotatable bonds is 6. The van der Waals surface area contributed by atoms with Gasteiger partial charge in [-0.2, -0.15) is 0 Å². The molecule has 1 N–H and O–H groups in total. The number of nitrogens with one attached hydrogen (secondary N) is 1. The summed E-state index contributed by atoms with van der Waals surface area (Å²) in [6, 6.07) is 6.79. The summed E-state index contributed by atoms with van der Waals surface area (Å²) >= 11 is 0. The van der Waals surface area contributed by atoms with E-state index in [0.29, 0.717) is 17.8 Å². The first-order chi connectivity index (χ1) is 11.4. The molecule has 3 amide bonds. The van der Waals surface area contributed by atoms with Gasteiger partial charge < -0.3 is 15.1 Å². The molecular formula is C18H25N3O3. The van der Waals surface area contributed by atoms with Gasteiger partial charge in [-0.05, 0) is 30.7 Å². The lowest BCUT2D eigenvalue weighted by Gasteiger charge is -2.16. The number of likely N-dealkylation sites (tertiary alicyclic amines) is 1. The normalized spacial score (nSPS) is 17.0. The van der Waals surface area contributed by atoms with Gasteiger partial charge in [0, 0.05) is 44.9 Å². The highest BCUT2D eigenvalue weighted by atomic mass is 16.2. The third-order valence-corrected chi connectivity index (χ3v) is 4.17. The molecule has 2 rings (SSSR count). The van der Waals surface area contributed by atoms with Crippen LogP contribution in [0.5, 0.6) is 0 Å². The molecule has 24 heavy (non-hydrogen) atoms. The SMILES string of the molecule is CCCCN1C[C@@H](C(=O)Nc2ccc(C(=O)N(C)C)cc2)CC1=O. The van der Waals surface area contributed by atoms with Crippen LogP contribution in [0.1, 0.15) is 36.5 Å². The fourth-order valence-electron chi connectivity index (χ4n) is 2.71. The maximum Gasteiger partial charge on any atom is 0.253 e. The predicted molar refractivity (Wildman–Crippen MR) is 92.7 cm³/mol. The molecule has 1 aliphatic heterocycles. The van der Waals surface area contributed by atoms with Crippen molar-refractivity contribution in [2.45, 2.75) is 26.2 Å². The zero-order chi connectivity index (χ0) is 17.7. The number of carbonyl (C=O) groups excluding carboxylic acids is 3. The summed E-state index contributed by atoms with van der Waals surface area (Å²) in [4.78, 5) is 39.4. The van der Waals surface area contributed by atoms with Crippen molar-refractivity contribution in [1.29, 1.82) is 0 Å². The van der Waals surface area contributed by atoms with E-state index in [4.69, 9.17) is 0 Å². The monoisotopic (exact) mass is 331 g/mol. The van der Waals surface area contributed by atoms with Gasteiger partial charge in [-0.15, -0.1) is 0 Å². The Morgan fingerprint density at radius 2 is 1.92 bits per heavy atom.